The summed E-state index contributed by atoms with van der Waals surface area (Å²) in [4.78, 5) is 0. The summed E-state index contributed by atoms with van der Waals surface area (Å²) in [7, 11) is -3.59. The fourth-order valence-electron chi connectivity index (χ4n) is 2.56. The Labute approximate surface area is 107 Å². The normalized spacial score (nSPS) is 26.4. The first-order valence-corrected chi connectivity index (χ1v) is 7.64. The Morgan fingerprint density at radius 2 is 1.94 bits per heavy atom. The first kappa shape index (κ1) is 13.6. The van der Waals surface area contributed by atoms with Crippen LogP contribution in [0.1, 0.15) is 38.9 Å². The maximum atomic E-state index is 12.5. The van der Waals surface area contributed by atoms with Gasteiger partial charge in [-0.25, -0.2) is 8.42 Å². The number of nitrogens with zero attached hydrogens (tertiary/aromatic N) is 1. The zero-order chi connectivity index (χ0) is 13.3. The number of sulfonamides is 1. The molecule has 0 amide bonds. The van der Waals surface area contributed by atoms with Crippen molar-refractivity contribution in [1.82, 2.24) is 4.31 Å². The fraction of sp³-hybridized carbons (Fsp3) is 0.667. The first-order valence-electron chi connectivity index (χ1n) is 6.20. The molecule has 5 nitrogen and oxygen atoms in total. The maximum Gasteiger partial charge on any atom is 0.276 e. The molecule has 1 aliphatic rings. The molecule has 2 heterocycles. The van der Waals surface area contributed by atoms with Gasteiger partial charge in [0.25, 0.3) is 10.0 Å². The Balaban J connectivity index is 2.34. The average molecular weight is 273 g/mol. The van der Waals surface area contributed by atoms with Crippen LogP contribution in [-0.2, 0) is 16.6 Å². The highest BCUT2D eigenvalue weighted by molar-refractivity contribution is 7.89. The minimum Gasteiger partial charge on any atom is -0.446 e. The number of piperidine rings is 1. The van der Waals surface area contributed by atoms with Gasteiger partial charge in [0.1, 0.15) is 12.4 Å². The molecule has 0 spiro atoms. The number of rotatable bonds is 3. The summed E-state index contributed by atoms with van der Waals surface area (Å²) >= 11 is 0. The molecule has 1 fully saturated rings. The SMILES string of the molecule is CC1CCCC(C)N1S(=O)(=O)c1ccc(CO)o1. The molecular formula is C12H19NO4S. The van der Waals surface area contributed by atoms with Gasteiger partial charge in [0, 0.05) is 12.1 Å². The number of aliphatic hydroxyl groups excluding tert-OH is 1. The van der Waals surface area contributed by atoms with Crippen LogP contribution in [0.2, 0.25) is 0 Å². The minimum absolute atomic E-state index is 0.0126. The predicted octanol–water partition coefficient (Wildman–Crippen LogP) is 1.72. The third kappa shape index (κ3) is 2.32. The Bertz CT molecular complexity index is 498. The van der Waals surface area contributed by atoms with Crippen LogP contribution < -0.4 is 0 Å². The van der Waals surface area contributed by atoms with E-state index < -0.39 is 10.0 Å². The summed E-state index contributed by atoms with van der Waals surface area (Å²) in [6.45, 7) is 3.55. The van der Waals surface area contributed by atoms with Gasteiger partial charge >= 0.3 is 0 Å². The van der Waals surface area contributed by atoms with Crippen molar-refractivity contribution >= 4 is 10.0 Å². The van der Waals surface area contributed by atoms with E-state index in [1.165, 1.54) is 16.4 Å². The van der Waals surface area contributed by atoms with Gasteiger partial charge in [-0.2, -0.15) is 4.31 Å². The second kappa shape index (κ2) is 5.03. The van der Waals surface area contributed by atoms with E-state index in [9.17, 15) is 8.42 Å². The Kier molecular flexibility index (Phi) is 3.79. The van der Waals surface area contributed by atoms with Crippen molar-refractivity contribution in [3.05, 3.63) is 17.9 Å². The van der Waals surface area contributed by atoms with E-state index in [2.05, 4.69) is 0 Å². The lowest BCUT2D eigenvalue weighted by Crippen LogP contribution is -2.47. The highest BCUT2D eigenvalue weighted by Gasteiger charge is 2.37. The molecule has 0 radical (unpaired) electrons. The van der Waals surface area contributed by atoms with Crippen molar-refractivity contribution in [3.63, 3.8) is 0 Å². The minimum atomic E-state index is -3.59. The highest BCUT2D eigenvalue weighted by Crippen LogP contribution is 2.30. The maximum absolute atomic E-state index is 12.5. The van der Waals surface area contributed by atoms with Gasteiger partial charge in [-0.15, -0.1) is 0 Å². The van der Waals surface area contributed by atoms with Crippen LogP contribution in [-0.4, -0.2) is 29.9 Å². The molecule has 1 N–H and O–H groups in total. The van der Waals surface area contributed by atoms with Gasteiger partial charge in [-0.3, -0.25) is 0 Å². The van der Waals surface area contributed by atoms with Crippen LogP contribution in [0, 0.1) is 0 Å². The van der Waals surface area contributed by atoms with Crippen molar-refractivity contribution in [2.75, 3.05) is 0 Å². The molecule has 1 saturated heterocycles. The molecule has 0 saturated carbocycles. The number of furan rings is 1. The quantitative estimate of drug-likeness (QED) is 0.910. The predicted molar refractivity (Wildman–Crippen MR) is 66.4 cm³/mol. The molecule has 6 heteroatoms. The fourth-order valence-corrected chi connectivity index (χ4v) is 4.38. The van der Waals surface area contributed by atoms with Crippen LogP contribution in [0.3, 0.4) is 0 Å². The lowest BCUT2D eigenvalue weighted by atomic mass is 10.0. The summed E-state index contributed by atoms with van der Waals surface area (Å²) < 4.78 is 31.7. The van der Waals surface area contributed by atoms with E-state index in [1.54, 1.807) is 0 Å². The van der Waals surface area contributed by atoms with Crippen LogP contribution in [0.5, 0.6) is 0 Å². The zero-order valence-electron chi connectivity index (χ0n) is 10.7. The number of hydrogen-bond donors (Lipinski definition) is 1. The Morgan fingerprint density at radius 3 is 2.44 bits per heavy atom. The monoisotopic (exact) mass is 273 g/mol. The molecule has 102 valence electrons. The van der Waals surface area contributed by atoms with Gasteiger partial charge in [0.15, 0.2) is 0 Å². The van der Waals surface area contributed by atoms with Gasteiger partial charge in [-0.1, -0.05) is 6.42 Å². The van der Waals surface area contributed by atoms with E-state index in [1.807, 2.05) is 13.8 Å². The molecule has 2 unspecified atom stereocenters. The standard InChI is InChI=1S/C12H19NO4S/c1-9-4-3-5-10(2)13(9)18(15,16)12-7-6-11(8-14)17-12/h6-7,9-10,14H,3-5,8H2,1-2H3. The smallest absolute Gasteiger partial charge is 0.276 e. The third-order valence-electron chi connectivity index (χ3n) is 3.44. The van der Waals surface area contributed by atoms with Crippen LogP contribution >= 0.6 is 0 Å². The summed E-state index contributed by atoms with van der Waals surface area (Å²) in [5.41, 5.74) is 0. The molecule has 1 aromatic rings. The van der Waals surface area contributed by atoms with Crippen LogP contribution in [0.25, 0.3) is 0 Å². The second-order valence-electron chi connectivity index (χ2n) is 4.84. The van der Waals surface area contributed by atoms with E-state index in [0.29, 0.717) is 0 Å². The molecular weight excluding hydrogens is 254 g/mol. The zero-order valence-corrected chi connectivity index (χ0v) is 11.5. The van der Waals surface area contributed by atoms with Crippen molar-refractivity contribution < 1.29 is 17.9 Å². The van der Waals surface area contributed by atoms with Gasteiger partial charge in [-0.05, 0) is 38.8 Å². The molecule has 0 bridgehead atoms. The number of aliphatic hydroxyl groups is 1. The molecule has 1 aromatic heterocycles. The average Bonchev–Trinajstić information content (AvgIpc) is 2.77. The van der Waals surface area contributed by atoms with E-state index >= 15 is 0 Å². The van der Waals surface area contributed by atoms with Gasteiger partial charge < -0.3 is 9.52 Å². The molecule has 18 heavy (non-hydrogen) atoms. The third-order valence-corrected chi connectivity index (χ3v) is 5.44. The molecule has 0 aliphatic carbocycles. The highest BCUT2D eigenvalue weighted by atomic mass is 32.2. The van der Waals surface area contributed by atoms with Crippen molar-refractivity contribution in [3.8, 4) is 0 Å². The molecule has 2 atom stereocenters. The Hall–Kier alpha value is -0.850. The Morgan fingerprint density at radius 1 is 1.33 bits per heavy atom. The van der Waals surface area contributed by atoms with E-state index in [0.717, 1.165) is 19.3 Å². The summed E-state index contributed by atoms with van der Waals surface area (Å²) in [5, 5.41) is 8.85. The topological polar surface area (TPSA) is 70.8 Å². The van der Waals surface area contributed by atoms with Gasteiger partial charge in [0.2, 0.25) is 5.09 Å². The lowest BCUT2D eigenvalue weighted by Gasteiger charge is -2.36. The van der Waals surface area contributed by atoms with E-state index in [4.69, 9.17) is 9.52 Å². The molecule has 0 aromatic carbocycles. The molecule has 1 aliphatic heterocycles. The van der Waals surface area contributed by atoms with Crippen LogP contribution in [0.4, 0.5) is 0 Å². The summed E-state index contributed by atoms with van der Waals surface area (Å²) in [6.07, 6.45) is 2.79. The van der Waals surface area contributed by atoms with Crippen molar-refractivity contribution in [2.45, 2.75) is 56.9 Å². The van der Waals surface area contributed by atoms with Gasteiger partial charge in [0.05, 0.1) is 0 Å². The first-order chi connectivity index (χ1) is 8.46. The van der Waals surface area contributed by atoms with Crippen LogP contribution in [0.15, 0.2) is 21.6 Å². The van der Waals surface area contributed by atoms with Crippen molar-refractivity contribution in [2.24, 2.45) is 0 Å². The summed E-state index contributed by atoms with van der Waals surface area (Å²) in [5.74, 6) is 0.269. The largest absolute Gasteiger partial charge is 0.446 e. The summed E-state index contributed by atoms with van der Waals surface area (Å²) in [6, 6.07) is 2.88. The molecule has 2 rings (SSSR count). The number of hydrogen-bond acceptors (Lipinski definition) is 4. The van der Waals surface area contributed by atoms with Crippen molar-refractivity contribution in [1.29, 1.82) is 0 Å². The second-order valence-corrected chi connectivity index (χ2v) is 6.62. The van der Waals surface area contributed by atoms with E-state index in [-0.39, 0.29) is 29.5 Å². The lowest BCUT2D eigenvalue weighted by molar-refractivity contribution is 0.196.